The van der Waals surface area contributed by atoms with Crippen molar-refractivity contribution in [2.45, 2.75) is 46.1 Å². The molecule has 0 aliphatic heterocycles. The smallest absolute Gasteiger partial charge is 0.220 e. The number of aryl methyl sites for hydroxylation is 3. The molecule has 0 spiro atoms. The van der Waals surface area contributed by atoms with Gasteiger partial charge in [-0.15, -0.1) is 0 Å². The quantitative estimate of drug-likeness (QED) is 0.688. The maximum absolute atomic E-state index is 12.3. The zero-order valence-corrected chi connectivity index (χ0v) is 15.8. The summed E-state index contributed by atoms with van der Waals surface area (Å²) in [5.74, 6) is 0.0474. The fourth-order valence-electron chi connectivity index (χ4n) is 2.62. The topological polar surface area (TPSA) is 29.1 Å². The first kappa shape index (κ1) is 18.8. The Hall–Kier alpha value is -1.51. The van der Waals surface area contributed by atoms with Gasteiger partial charge in [0.25, 0.3) is 0 Å². The Bertz CT molecular complexity index is 728. The van der Waals surface area contributed by atoms with Crippen LogP contribution in [-0.4, -0.2) is 5.91 Å². The normalized spacial score (nSPS) is 12.0. The lowest BCUT2D eigenvalue weighted by molar-refractivity contribution is -0.121. The van der Waals surface area contributed by atoms with Gasteiger partial charge in [0, 0.05) is 6.42 Å². The lowest BCUT2D eigenvalue weighted by Crippen LogP contribution is -2.28. The van der Waals surface area contributed by atoms with Crippen molar-refractivity contribution in [1.82, 2.24) is 5.32 Å². The van der Waals surface area contributed by atoms with Crippen LogP contribution in [0.25, 0.3) is 0 Å². The van der Waals surface area contributed by atoms with Gasteiger partial charge in [0.1, 0.15) is 0 Å². The largest absolute Gasteiger partial charge is 0.349 e. The van der Waals surface area contributed by atoms with Gasteiger partial charge < -0.3 is 5.32 Å². The van der Waals surface area contributed by atoms with Crippen molar-refractivity contribution in [2.75, 3.05) is 0 Å². The highest BCUT2D eigenvalue weighted by Crippen LogP contribution is 2.23. The first-order chi connectivity index (χ1) is 11.4. The van der Waals surface area contributed by atoms with Crippen LogP contribution in [0, 0.1) is 13.8 Å². The number of rotatable bonds is 6. The van der Waals surface area contributed by atoms with E-state index < -0.39 is 0 Å². The van der Waals surface area contributed by atoms with E-state index in [-0.39, 0.29) is 11.9 Å². The number of halogens is 2. The van der Waals surface area contributed by atoms with Gasteiger partial charge in [-0.1, -0.05) is 54.4 Å². The summed E-state index contributed by atoms with van der Waals surface area (Å²) in [7, 11) is 0. The molecule has 0 saturated carbocycles. The van der Waals surface area contributed by atoms with Gasteiger partial charge in [0.05, 0.1) is 16.1 Å². The molecule has 0 saturated heterocycles. The van der Waals surface area contributed by atoms with Crippen LogP contribution < -0.4 is 5.32 Å². The first-order valence-corrected chi connectivity index (χ1v) is 8.96. The third-order valence-electron chi connectivity index (χ3n) is 4.30. The van der Waals surface area contributed by atoms with Crippen molar-refractivity contribution in [2.24, 2.45) is 0 Å². The number of hydrogen-bond acceptors (Lipinski definition) is 1. The second-order valence-electron chi connectivity index (χ2n) is 6.12. The standard InChI is InChI=1S/C20H23Cl2NO/c1-4-19(16-8-5-13(2)14(3)11-16)23-20(24)10-7-15-6-9-17(21)18(22)12-15/h5-6,8-9,11-12,19H,4,7,10H2,1-3H3,(H,23,24)/t19-/m1/s1. The summed E-state index contributed by atoms with van der Waals surface area (Å²) < 4.78 is 0. The molecule has 0 radical (unpaired) electrons. The molecule has 24 heavy (non-hydrogen) atoms. The predicted molar refractivity (Wildman–Crippen MR) is 102 cm³/mol. The molecular weight excluding hydrogens is 341 g/mol. The minimum absolute atomic E-state index is 0.0469. The van der Waals surface area contributed by atoms with Crippen LogP contribution in [0.1, 0.15) is 48.1 Å². The van der Waals surface area contributed by atoms with Crippen LogP contribution >= 0.6 is 23.2 Å². The Balaban J connectivity index is 1.96. The fourth-order valence-corrected chi connectivity index (χ4v) is 2.94. The van der Waals surface area contributed by atoms with E-state index in [2.05, 4.69) is 44.3 Å². The molecule has 128 valence electrons. The molecule has 4 heteroatoms. The highest BCUT2D eigenvalue weighted by molar-refractivity contribution is 6.42. The Morgan fingerprint density at radius 3 is 2.42 bits per heavy atom. The maximum atomic E-state index is 12.3. The van der Waals surface area contributed by atoms with Crippen molar-refractivity contribution in [3.8, 4) is 0 Å². The van der Waals surface area contributed by atoms with E-state index in [1.807, 2.05) is 12.1 Å². The van der Waals surface area contributed by atoms with E-state index in [0.29, 0.717) is 22.9 Å². The van der Waals surface area contributed by atoms with Gasteiger partial charge in [-0.05, 0) is 61.1 Å². The molecule has 2 rings (SSSR count). The SMILES string of the molecule is CC[C@@H](NC(=O)CCc1ccc(Cl)c(Cl)c1)c1ccc(C)c(C)c1. The van der Waals surface area contributed by atoms with E-state index >= 15 is 0 Å². The van der Waals surface area contributed by atoms with E-state index in [4.69, 9.17) is 23.2 Å². The molecule has 1 N–H and O–H groups in total. The molecular formula is C20H23Cl2NO. The highest BCUT2D eigenvalue weighted by atomic mass is 35.5. The van der Waals surface area contributed by atoms with Crippen molar-refractivity contribution in [3.05, 3.63) is 68.7 Å². The molecule has 0 aromatic heterocycles. The van der Waals surface area contributed by atoms with Crippen LogP contribution in [0.2, 0.25) is 10.0 Å². The van der Waals surface area contributed by atoms with Crippen molar-refractivity contribution >= 4 is 29.1 Å². The van der Waals surface area contributed by atoms with Crippen LogP contribution in [0.5, 0.6) is 0 Å². The average Bonchev–Trinajstić information content (AvgIpc) is 2.56. The van der Waals surface area contributed by atoms with Crippen molar-refractivity contribution in [1.29, 1.82) is 0 Å². The number of nitrogens with one attached hydrogen (secondary N) is 1. The zero-order chi connectivity index (χ0) is 17.7. The first-order valence-electron chi connectivity index (χ1n) is 8.21. The molecule has 0 aliphatic carbocycles. The van der Waals surface area contributed by atoms with Crippen molar-refractivity contribution in [3.63, 3.8) is 0 Å². The summed E-state index contributed by atoms with van der Waals surface area (Å²) in [5, 5.41) is 4.19. The van der Waals surface area contributed by atoms with Gasteiger partial charge in [-0.3, -0.25) is 4.79 Å². The van der Waals surface area contributed by atoms with Gasteiger partial charge in [-0.25, -0.2) is 0 Å². The Morgan fingerprint density at radius 2 is 1.79 bits per heavy atom. The second kappa shape index (κ2) is 8.55. The average molecular weight is 364 g/mol. The van der Waals surface area contributed by atoms with Crippen LogP contribution in [0.4, 0.5) is 0 Å². The lowest BCUT2D eigenvalue weighted by Gasteiger charge is -2.18. The monoisotopic (exact) mass is 363 g/mol. The molecule has 0 bridgehead atoms. The van der Waals surface area contributed by atoms with Gasteiger partial charge in [-0.2, -0.15) is 0 Å². The molecule has 0 fully saturated rings. The minimum Gasteiger partial charge on any atom is -0.349 e. The zero-order valence-electron chi connectivity index (χ0n) is 14.3. The predicted octanol–water partition coefficient (Wildman–Crippen LogP) is 5.81. The third kappa shape index (κ3) is 4.99. The lowest BCUT2D eigenvalue weighted by atomic mass is 9.99. The van der Waals surface area contributed by atoms with Crippen LogP contribution in [-0.2, 0) is 11.2 Å². The van der Waals surface area contributed by atoms with E-state index in [9.17, 15) is 4.79 Å². The number of hydrogen-bond donors (Lipinski definition) is 1. The molecule has 0 heterocycles. The van der Waals surface area contributed by atoms with Gasteiger partial charge in [0.2, 0.25) is 5.91 Å². The molecule has 2 aromatic rings. The molecule has 1 amide bonds. The summed E-state index contributed by atoms with van der Waals surface area (Å²) in [6, 6.07) is 11.9. The number of benzene rings is 2. The number of carbonyl (C=O) groups is 1. The molecule has 2 aromatic carbocycles. The summed E-state index contributed by atoms with van der Waals surface area (Å²) >= 11 is 11.9. The molecule has 0 unspecified atom stereocenters. The third-order valence-corrected chi connectivity index (χ3v) is 5.04. The molecule has 0 aliphatic rings. The molecule has 1 atom stereocenters. The summed E-state index contributed by atoms with van der Waals surface area (Å²) in [5.41, 5.74) is 4.68. The van der Waals surface area contributed by atoms with Crippen molar-refractivity contribution < 1.29 is 4.79 Å². The van der Waals surface area contributed by atoms with Gasteiger partial charge in [0.15, 0.2) is 0 Å². The Kier molecular flexibility index (Phi) is 6.70. The summed E-state index contributed by atoms with van der Waals surface area (Å²) in [6.07, 6.45) is 1.94. The number of amides is 1. The maximum Gasteiger partial charge on any atom is 0.220 e. The number of carbonyl (C=O) groups excluding carboxylic acids is 1. The highest BCUT2D eigenvalue weighted by Gasteiger charge is 2.13. The summed E-state index contributed by atoms with van der Waals surface area (Å²) in [6.45, 7) is 6.27. The molecule has 2 nitrogen and oxygen atoms in total. The Morgan fingerprint density at radius 1 is 1.04 bits per heavy atom. The van der Waals surface area contributed by atoms with E-state index in [1.165, 1.54) is 11.1 Å². The van der Waals surface area contributed by atoms with Crippen LogP contribution in [0.15, 0.2) is 36.4 Å². The second-order valence-corrected chi connectivity index (χ2v) is 6.93. The fraction of sp³-hybridized carbons (Fsp3) is 0.350. The summed E-state index contributed by atoms with van der Waals surface area (Å²) in [4.78, 5) is 12.3. The van der Waals surface area contributed by atoms with E-state index in [0.717, 1.165) is 17.5 Å². The van der Waals surface area contributed by atoms with Gasteiger partial charge >= 0.3 is 0 Å². The minimum atomic E-state index is 0.0469. The van der Waals surface area contributed by atoms with E-state index in [1.54, 1.807) is 6.07 Å². The Labute approximate surface area is 154 Å². The van der Waals surface area contributed by atoms with Crippen LogP contribution in [0.3, 0.4) is 0 Å².